The molecule has 14 heavy (non-hydrogen) atoms. The number of nitrogens with two attached hydrogens (primary N) is 1. The van der Waals surface area contributed by atoms with Gasteiger partial charge in [0.15, 0.2) is 0 Å². The molecule has 0 spiro atoms. The van der Waals surface area contributed by atoms with Crippen LogP contribution in [0.3, 0.4) is 0 Å². The van der Waals surface area contributed by atoms with E-state index in [-0.39, 0.29) is 23.4 Å². The van der Waals surface area contributed by atoms with E-state index in [9.17, 15) is 5.11 Å². The molecule has 1 aliphatic heterocycles. The maximum atomic E-state index is 9.80. The van der Waals surface area contributed by atoms with Crippen molar-refractivity contribution >= 4 is 5.84 Å². The van der Waals surface area contributed by atoms with Gasteiger partial charge in [-0.2, -0.15) is 0 Å². The molecule has 0 aliphatic carbocycles. The van der Waals surface area contributed by atoms with Crippen LogP contribution in [0.4, 0.5) is 0 Å². The van der Waals surface area contributed by atoms with Crippen molar-refractivity contribution in [3.8, 4) is 0 Å². The van der Waals surface area contributed by atoms with E-state index in [4.69, 9.17) is 11.1 Å². The second kappa shape index (κ2) is 3.87. The van der Waals surface area contributed by atoms with E-state index in [1.54, 1.807) is 0 Å². The summed E-state index contributed by atoms with van der Waals surface area (Å²) < 4.78 is 0. The fraction of sp³-hybridized carbons (Fsp3) is 0.900. The summed E-state index contributed by atoms with van der Waals surface area (Å²) >= 11 is 0. The molecule has 0 aromatic heterocycles. The molecule has 0 saturated carbocycles. The second-order valence-corrected chi connectivity index (χ2v) is 4.81. The van der Waals surface area contributed by atoms with Crippen molar-refractivity contribution in [2.45, 2.75) is 39.3 Å². The van der Waals surface area contributed by atoms with Crippen LogP contribution >= 0.6 is 0 Å². The van der Waals surface area contributed by atoms with Gasteiger partial charge in [0.25, 0.3) is 0 Å². The van der Waals surface area contributed by atoms with Gasteiger partial charge in [-0.3, -0.25) is 10.3 Å². The Hall–Kier alpha value is -0.610. The summed E-state index contributed by atoms with van der Waals surface area (Å²) in [7, 11) is 0. The van der Waals surface area contributed by atoms with Crippen molar-refractivity contribution in [3.05, 3.63) is 0 Å². The molecule has 4 N–H and O–H groups in total. The Bertz CT molecular complexity index is 227. The van der Waals surface area contributed by atoms with Crippen LogP contribution in [0, 0.1) is 10.8 Å². The second-order valence-electron chi connectivity index (χ2n) is 4.81. The van der Waals surface area contributed by atoms with Gasteiger partial charge < -0.3 is 10.8 Å². The molecule has 0 aromatic rings. The van der Waals surface area contributed by atoms with Crippen molar-refractivity contribution in [1.82, 2.24) is 4.90 Å². The molecule has 4 heteroatoms. The van der Waals surface area contributed by atoms with Crippen LogP contribution in [-0.4, -0.2) is 41.1 Å². The molecular formula is C10H21N3O. The summed E-state index contributed by atoms with van der Waals surface area (Å²) in [6, 6.07) is -0.00794. The number of aliphatic hydroxyl groups is 1. The van der Waals surface area contributed by atoms with Gasteiger partial charge in [-0.15, -0.1) is 0 Å². The third-order valence-corrected chi connectivity index (χ3v) is 3.11. The lowest BCUT2D eigenvalue weighted by molar-refractivity contribution is 0.0953. The fourth-order valence-electron chi connectivity index (χ4n) is 2.07. The van der Waals surface area contributed by atoms with Crippen molar-refractivity contribution in [2.24, 2.45) is 11.1 Å². The lowest BCUT2D eigenvalue weighted by Gasteiger charge is -2.26. The number of hydrogen-bond donors (Lipinski definition) is 3. The van der Waals surface area contributed by atoms with Crippen LogP contribution in [0.25, 0.3) is 0 Å². The molecule has 1 rings (SSSR count). The zero-order valence-corrected chi connectivity index (χ0v) is 9.25. The summed E-state index contributed by atoms with van der Waals surface area (Å²) in [4.78, 5) is 2.10. The average Bonchev–Trinajstić information content (AvgIpc) is 2.26. The van der Waals surface area contributed by atoms with Gasteiger partial charge in [0.1, 0.15) is 5.84 Å². The van der Waals surface area contributed by atoms with Gasteiger partial charge in [-0.25, -0.2) is 0 Å². The smallest absolute Gasteiger partial charge is 0.108 e. The first-order valence-corrected chi connectivity index (χ1v) is 5.14. The normalized spacial score (nSPS) is 29.0. The quantitative estimate of drug-likeness (QED) is 0.455. The summed E-state index contributed by atoms with van der Waals surface area (Å²) in [6.45, 7) is 7.55. The van der Waals surface area contributed by atoms with Crippen LogP contribution in [0.5, 0.6) is 0 Å². The minimum Gasteiger partial charge on any atom is -0.391 e. The highest BCUT2D eigenvalue weighted by molar-refractivity contribution is 5.82. The Kier molecular flexibility index (Phi) is 3.17. The molecule has 82 valence electrons. The number of nitrogens with zero attached hydrogens (tertiary/aromatic N) is 1. The van der Waals surface area contributed by atoms with Gasteiger partial charge in [-0.05, 0) is 6.42 Å². The Balaban J connectivity index is 2.69. The molecule has 1 heterocycles. The Labute approximate surface area is 85.6 Å². The van der Waals surface area contributed by atoms with E-state index in [1.165, 1.54) is 0 Å². The van der Waals surface area contributed by atoms with Crippen LogP contribution in [-0.2, 0) is 0 Å². The molecule has 0 aromatic carbocycles. The SMILES string of the molecule is CCC(C(=N)N)N1CC(O)C(C)(C)C1. The van der Waals surface area contributed by atoms with Gasteiger partial charge in [-0.1, -0.05) is 20.8 Å². The van der Waals surface area contributed by atoms with Crippen molar-refractivity contribution < 1.29 is 5.11 Å². The number of hydrogen-bond acceptors (Lipinski definition) is 3. The van der Waals surface area contributed by atoms with Crippen molar-refractivity contribution in [3.63, 3.8) is 0 Å². The van der Waals surface area contributed by atoms with E-state index in [1.807, 2.05) is 20.8 Å². The molecule has 0 radical (unpaired) electrons. The molecule has 1 saturated heterocycles. The molecule has 4 nitrogen and oxygen atoms in total. The minimum atomic E-state index is -0.309. The standard InChI is InChI=1S/C10H21N3O/c1-4-7(9(11)12)13-5-8(14)10(2,3)6-13/h7-8,14H,4-6H2,1-3H3,(H3,11,12). The van der Waals surface area contributed by atoms with Crippen LogP contribution in [0.1, 0.15) is 27.2 Å². The molecule has 0 bridgehead atoms. The average molecular weight is 199 g/mol. The van der Waals surface area contributed by atoms with E-state index >= 15 is 0 Å². The highest BCUT2D eigenvalue weighted by Crippen LogP contribution is 2.31. The van der Waals surface area contributed by atoms with Crippen LogP contribution in [0.15, 0.2) is 0 Å². The summed E-state index contributed by atoms with van der Waals surface area (Å²) in [5.41, 5.74) is 5.44. The third kappa shape index (κ3) is 2.07. The Morgan fingerprint density at radius 3 is 2.57 bits per heavy atom. The largest absolute Gasteiger partial charge is 0.391 e. The fourth-order valence-corrected chi connectivity index (χ4v) is 2.07. The van der Waals surface area contributed by atoms with E-state index in [2.05, 4.69) is 4.90 Å². The number of nitrogens with one attached hydrogen (secondary N) is 1. The van der Waals surface area contributed by atoms with Gasteiger partial charge in [0.2, 0.25) is 0 Å². The Morgan fingerprint density at radius 2 is 2.29 bits per heavy atom. The first-order chi connectivity index (χ1) is 6.38. The van der Waals surface area contributed by atoms with Crippen LogP contribution < -0.4 is 5.73 Å². The van der Waals surface area contributed by atoms with E-state index in [0.717, 1.165) is 13.0 Å². The van der Waals surface area contributed by atoms with Gasteiger partial charge in [0, 0.05) is 18.5 Å². The number of rotatable bonds is 3. The molecule has 2 unspecified atom stereocenters. The number of likely N-dealkylation sites (tertiary alicyclic amines) is 1. The zero-order valence-electron chi connectivity index (χ0n) is 9.25. The lowest BCUT2D eigenvalue weighted by Crippen LogP contribution is -2.43. The van der Waals surface area contributed by atoms with Crippen molar-refractivity contribution in [1.29, 1.82) is 5.41 Å². The summed E-state index contributed by atoms with van der Waals surface area (Å²) in [5, 5.41) is 17.3. The minimum absolute atomic E-state index is 0.00794. The van der Waals surface area contributed by atoms with Crippen LogP contribution in [0.2, 0.25) is 0 Å². The summed E-state index contributed by atoms with van der Waals surface area (Å²) in [5.74, 6) is 0.206. The Morgan fingerprint density at radius 1 is 1.71 bits per heavy atom. The molecule has 0 amide bonds. The first-order valence-electron chi connectivity index (χ1n) is 5.14. The highest BCUT2D eigenvalue weighted by Gasteiger charge is 2.40. The highest BCUT2D eigenvalue weighted by atomic mass is 16.3. The third-order valence-electron chi connectivity index (χ3n) is 3.11. The first kappa shape index (κ1) is 11.5. The molecule has 2 atom stereocenters. The number of amidine groups is 1. The molecular weight excluding hydrogens is 178 g/mol. The maximum Gasteiger partial charge on any atom is 0.108 e. The lowest BCUT2D eigenvalue weighted by atomic mass is 9.90. The molecule has 1 aliphatic rings. The molecule has 1 fully saturated rings. The van der Waals surface area contributed by atoms with Gasteiger partial charge in [0.05, 0.1) is 12.1 Å². The van der Waals surface area contributed by atoms with Gasteiger partial charge >= 0.3 is 0 Å². The topological polar surface area (TPSA) is 73.3 Å². The van der Waals surface area contributed by atoms with E-state index < -0.39 is 0 Å². The number of β-amino-alcohol motifs (C(OH)–C–C–N with tert-alkyl or cyclic N) is 1. The summed E-state index contributed by atoms with van der Waals surface area (Å²) in [6.07, 6.45) is 0.522. The van der Waals surface area contributed by atoms with E-state index in [0.29, 0.717) is 6.54 Å². The predicted molar refractivity (Wildman–Crippen MR) is 57.4 cm³/mol. The van der Waals surface area contributed by atoms with Crippen molar-refractivity contribution in [2.75, 3.05) is 13.1 Å². The maximum absolute atomic E-state index is 9.80. The monoisotopic (exact) mass is 199 g/mol. The number of aliphatic hydroxyl groups excluding tert-OH is 1. The predicted octanol–water partition coefficient (Wildman–Crippen LogP) is 0.404. The zero-order chi connectivity index (χ0) is 10.9.